The lowest BCUT2D eigenvalue weighted by Gasteiger charge is -2.36. The number of likely N-dealkylation sites (tertiary alicyclic amines) is 1. The molecule has 7 heteroatoms. The Morgan fingerprint density at radius 2 is 1.80 bits per heavy atom. The minimum atomic E-state index is -3.59. The van der Waals surface area contributed by atoms with Gasteiger partial charge in [-0.05, 0) is 30.7 Å². The smallest absolute Gasteiger partial charge is 0.282 e. The average molecular weight is 365 g/mol. The zero-order chi connectivity index (χ0) is 17.9. The summed E-state index contributed by atoms with van der Waals surface area (Å²) in [5.74, 6) is 0.418. The van der Waals surface area contributed by atoms with Crippen LogP contribution in [0, 0.1) is 5.92 Å². The van der Waals surface area contributed by atoms with Crippen LogP contribution in [0.15, 0.2) is 30.3 Å². The molecule has 0 aliphatic carbocycles. The van der Waals surface area contributed by atoms with E-state index < -0.39 is 10.2 Å². The van der Waals surface area contributed by atoms with Crippen LogP contribution in [0.3, 0.4) is 0 Å². The molecule has 1 aromatic carbocycles. The Balaban J connectivity index is 1.66. The molecule has 2 heterocycles. The number of piperidine rings is 1. The number of amides is 1. The molecule has 3 rings (SSSR count). The highest BCUT2D eigenvalue weighted by molar-refractivity contribution is 7.86. The van der Waals surface area contributed by atoms with Crippen LogP contribution in [-0.4, -0.2) is 60.6 Å². The van der Waals surface area contributed by atoms with E-state index in [0.29, 0.717) is 25.6 Å². The molecule has 2 saturated heterocycles. The van der Waals surface area contributed by atoms with Gasteiger partial charge >= 0.3 is 0 Å². The van der Waals surface area contributed by atoms with Gasteiger partial charge in [-0.2, -0.15) is 17.0 Å². The maximum Gasteiger partial charge on any atom is 0.282 e. The summed E-state index contributed by atoms with van der Waals surface area (Å²) < 4.78 is 28.6. The highest BCUT2D eigenvalue weighted by atomic mass is 32.2. The summed E-state index contributed by atoms with van der Waals surface area (Å²) in [5, 5.41) is 0. The van der Waals surface area contributed by atoms with E-state index in [9.17, 15) is 13.2 Å². The fraction of sp³-hybridized carbons (Fsp3) is 0.611. The van der Waals surface area contributed by atoms with Gasteiger partial charge in [-0.25, -0.2) is 0 Å². The first kappa shape index (κ1) is 18.4. The molecular weight excluding hydrogens is 338 g/mol. The predicted octanol–water partition coefficient (Wildman–Crippen LogP) is 1.70. The molecule has 1 amide bonds. The van der Waals surface area contributed by atoms with Gasteiger partial charge in [-0.1, -0.05) is 37.3 Å². The SMILES string of the molecule is CC1CCCN(C(=O)CN2CCCN(Cc3ccccc3)S2(=O)=O)C1. The number of nitrogens with zero attached hydrogens (tertiary/aromatic N) is 3. The third-order valence-corrected chi connectivity index (χ3v) is 6.92. The summed E-state index contributed by atoms with van der Waals surface area (Å²) in [7, 11) is -3.59. The first-order valence-corrected chi connectivity index (χ1v) is 10.4. The van der Waals surface area contributed by atoms with Crippen molar-refractivity contribution in [2.45, 2.75) is 32.7 Å². The lowest BCUT2D eigenvalue weighted by molar-refractivity contribution is -0.133. The average Bonchev–Trinajstić information content (AvgIpc) is 2.59. The Hall–Kier alpha value is -1.44. The molecule has 0 bridgehead atoms. The van der Waals surface area contributed by atoms with Crippen molar-refractivity contribution in [2.24, 2.45) is 5.92 Å². The largest absolute Gasteiger partial charge is 0.341 e. The molecule has 0 aromatic heterocycles. The molecule has 0 spiro atoms. The molecule has 0 saturated carbocycles. The van der Waals surface area contributed by atoms with E-state index in [2.05, 4.69) is 6.92 Å². The first-order valence-electron chi connectivity index (χ1n) is 9.04. The number of hydrogen-bond donors (Lipinski definition) is 0. The highest BCUT2D eigenvalue weighted by Gasteiger charge is 2.35. The summed E-state index contributed by atoms with van der Waals surface area (Å²) in [4.78, 5) is 14.4. The molecule has 1 unspecified atom stereocenters. The van der Waals surface area contributed by atoms with Crippen molar-refractivity contribution in [1.29, 1.82) is 0 Å². The molecule has 0 N–H and O–H groups in total. The predicted molar refractivity (Wildman–Crippen MR) is 96.9 cm³/mol. The van der Waals surface area contributed by atoms with Crippen LogP contribution in [0.4, 0.5) is 0 Å². The van der Waals surface area contributed by atoms with Crippen LogP contribution in [0.2, 0.25) is 0 Å². The van der Waals surface area contributed by atoms with Gasteiger partial charge < -0.3 is 4.90 Å². The van der Waals surface area contributed by atoms with Crippen LogP contribution >= 0.6 is 0 Å². The van der Waals surface area contributed by atoms with Crippen LogP contribution in [0.1, 0.15) is 31.7 Å². The van der Waals surface area contributed by atoms with Gasteiger partial charge in [0, 0.05) is 32.7 Å². The molecular formula is C18H27N3O3S. The van der Waals surface area contributed by atoms with E-state index in [1.54, 1.807) is 0 Å². The normalized spacial score (nSPS) is 25.0. The van der Waals surface area contributed by atoms with Crippen molar-refractivity contribution in [3.63, 3.8) is 0 Å². The second kappa shape index (κ2) is 7.85. The highest BCUT2D eigenvalue weighted by Crippen LogP contribution is 2.21. The Morgan fingerprint density at radius 1 is 1.08 bits per heavy atom. The zero-order valence-electron chi connectivity index (χ0n) is 14.8. The Labute approximate surface area is 150 Å². The molecule has 25 heavy (non-hydrogen) atoms. The van der Waals surface area contributed by atoms with Crippen molar-refractivity contribution in [3.05, 3.63) is 35.9 Å². The van der Waals surface area contributed by atoms with Crippen molar-refractivity contribution in [2.75, 3.05) is 32.7 Å². The van der Waals surface area contributed by atoms with Crippen LogP contribution < -0.4 is 0 Å². The topological polar surface area (TPSA) is 60.9 Å². The fourth-order valence-electron chi connectivity index (χ4n) is 3.59. The van der Waals surface area contributed by atoms with Gasteiger partial charge in [-0.15, -0.1) is 0 Å². The van der Waals surface area contributed by atoms with Crippen LogP contribution in [0.25, 0.3) is 0 Å². The fourth-order valence-corrected chi connectivity index (χ4v) is 5.22. The standard InChI is InChI=1S/C18H27N3O3S/c1-16-7-5-10-19(13-16)18(22)15-21-12-6-11-20(25(21,23)24)14-17-8-3-2-4-9-17/h2-4,8-9,16H,5-7,10-15H2,1H3. The van der Waals surface area contributed by atoms with Crippen molar-refractivity contribution in [3.8, 4) is 0 Å². The van der Waals surface area contributed by atoms with Crippen LogP contribution in [0.5, 0.6) is 0 Å². The number of carbonyl (C=O) groups is 1. The van der Waals surface area contributed by atoms with Gasteiger partial charge in [0.05, 0.1) is 6.54 Å². The quantitative estimate of drug-likeness (QED) is 0.816. The van der Waals surface area contributed by atoms with Crippen molar-refractivity contribution >= 4 is 16.1 Å². The minimum Gasteiger partial charge on any atom is -0.341 e. The van der Waals surface area contributed by atoms with Gasteiger partial charge in [-0.3, -0.25) is 4.79 Å². The first-order chi connectivity index (χ1) is 12.0. The molecule has 138 valence electrons. The Kier molecular flexibility index (Phi) is 5.76. The maximum absolute atomic E-state index is 12.9. The molecule has 2 aliphatic heterocycles. The summed E-state index contributed by atoms with van der Waals surface area (Å²) >= 11 is 0. The Morgan fingerprint density at radius 3 is 2.52 bits per heavy atom. The lowest BCUT2D eigenvalue weighted by Crippen LogP contribution is -2.53. The molecule has 2 fully saturated rings. The van der Waals surface area contributed by atoms with E-state index in [1.165, 1.54) is 8.61 Å². The summed E-state index contributed by atoms with van der Waals surface area (Å²) in [5.41, 5.74) is 0.962. The number of carbonyl (C=O) groups excluding carboxylic acids is 1. The third-order valence-electron chi connectivity index (χ3n) is 4.99. The van der Waals surface area contributed by atoms with E-state index >= 15 is 0 Å². The van der Waals surface area contributed by atoms with Gasteiger partial charge in [0.15, 0.2) is 0 Å². The van der Waals surface area contributed by atoms with Gasteiger partial charge in [0.2, 0.25) is 5.91 Å². The molecule has 2 aliphatic rings. The second-order valence-electron chi connectivity index (χ2n) is 7.10. The van der Waals surface area contributed by atoms with Crippen molar-refractivity contribution in [1.82, 2.24) is 13.5 Å². The maximum atomic E-state index is 12.9. The van der Waals surface area contributed by atoms with Crippen LogP contribution in [-0.2, 0) is 21.5 Å². The molecule has 1 atom stereocenters. The van der Waals surface area contributed by atoms with Gasteiger partial charge in [0.25, 0.3) is 10.2 Å². The van der Waals surface area contributed by atoms with Gasteiger partial charge in [0.1, 0.15) is 0 Å². The minimum absolute atomic E-state index is 0.0413. The van der Waals surface area contributed by atoms with E-state index in [0.717, 1.165) is 37.9 Å². The summed E-state index contributed by atoms with van der Waals surface area (Å²) in [6, 6.07) is 9.58. The third kappa shape index (κ3) is 4.40. The molecule has 1 aromatic rings. The summed E-state index contributed by atoms with van der Waals surface area (Å²) in [6.45, 7) is 4.85. The van der Waals surface area contributed by atoms with E-state index in [-0.39, 0.29) is 12.5 Å². The monoisotopic (exact) mass is 365 g/mol. The van der Waals surface area contributed by atoms with Crippen molar-refractivity contribution < 1.29 is 13.2 Å². The summed E-state index contributed by atoms with van der Waals surface area (Å²) in [6.07, 6.45) is 2.88. The number of hydrogen-bond acceptors (Lipinski definition) is 3. The van der Waals surface area contributed by atoms with E-state index in [1.807, 2.05) is 35.2 Å². The number of benzene rings is 1. The van der Waals surface area contributed by atoms with E-state index in [4.69, 9.17) is 0 Å². The second-order valence-corrected chi connectivity index (χ2v) is 9.03. The molecule has 6 nitrogen and oxygen atoms in total. The Bertz CT molecular complexity index is 693. The zero-order valence-corrected chi connectivity index (χ0v) is 15.6. The molecule has 0 radical (unpaired) electrons. The lowest BCUT2D eigenvalue weighted by atomic mass is 10.0. The number of rotatable bonds is 4.